The zero-order valence-electron chi connectivity index (χ0n) is 12.5. The highest BCUT2D eigenvalue weighted by atomic mass is 35.5. The molecule has 2 aromatic carbocycles. The average Bonchev–Trinajstić information content (AvgIpc) is 2.57. The van der Waals surface area contributed by atoms with Crippen molar-refractivity contribution in [1.29, 1.82) is 5.26 Å². The standard InChI is InChI=1S/C16H14Cl2N2O2S2/c17-15-5-2-6-16(18)14(15)11-23-8-7-20-24(21,22)13-4-1-3-12(9-13)10-19/h1-6,9,20H,7-8,11H2. The third-order valence-electron chi connectivity index (χ3n) is 3.12. The van der Waals surface area contributed by atoms with Gasteiger partial charge in [-0.25, -0.2) is 13.1 Å². The summed E-state index contributed by atoms with van der Waals surface area (Å²) >= 11 is 13.7. The number of halogens is 2. The van der Waals surface area contributed by atoms with Crippen molar-refractivity contribution in [2.75, 3.05) is 12.3 Å². The molecule has 0 fully saturated rings. The molecule has 8 heteroatoms. The maximum Gasteiger partial charge on any atom is 0.240 e. The van der Waals surface area contributed by atoms with Gasteiger partial charge >= 0.3 is 0 Å². The van der Waals surface area contributed by atoms with E-state index in [-0.39, 0.29) is 11.4 Å². The highest BCUT2D eigenvalue weighted by molar-refractivity contribution is 7.98. The van der Waals surface area contributed by atoms with Gasteiger partial charge in [0.15, 0.2) is 0 Å². The molecule has 0 heterocycles. The Morgan fingerprint density at radius 3 is 2.46 bits per heavy atom. The van der Waals surface area contributed by atoms with E-state index in [9.17, 15) is 8.42 Å². The van der Waals surface area contributed by atoms with E-state index in [4.69, 9.17) is 28.5 Å². The molecule has 0 saturated carbocycles. The van der Waals surface area contributed by atoms with Gasteiger partial charge in [-0.1, -0.05) is 35.3 Å². The van der Waals surface area contributed by atoms with E-state index in [1.807, 2.05) is 6.07 Å². The van der Waals surface area contributed by atoms with Crippen LogP contribution in [0.15, 0.2) is 47.4 Å². The summed E-state index contributed by atoms with van der Waals surface area (Å²) in [6, 6.07) is 13.2. The predicted octanol–water partition coefficient (Wildman–Crippen LogP) is 4.08. The van der Waals surface area contributed by atoms with Gasteiger partial charge in [0.05, 0.1) is 16.5 Å². The Morgan fingerprint density at radius 2 is 1.79 bits per heavy atom. The average molecular weight is 401 g/mol. The summed E-state index contributed by atoms with van der Waals surface area (Å²) in [6.45, 7) is 0.270. The molecule has 0 spiro atoms. The molecule has 126 valence electrons. The van der Waals surface area contributed by atoms with E-state index in [0.29, 0.717) is 27.1 Å². The van der Waals surface area contributed by atoms with Crippen molar-refractivity contribution in [3.63, 3.8) is 0 Å². The molecule has 4 nitrogen and oxygen atoms in total. The summed E-state index contributed by atoms with van der Waals surface area (Å²) in [6.07, 6.45) is 0. The van der Waals surface area contributed by atoms with Gasteiger partial charge in [0.25, 0.3) is 0 Å². The molecule has 0 atom stereocenters. The van der Waals surface area contributed by atoms with Crippen LogP contribution >= 0.6 is 35.0 Å². The Labute approximate surface area is 155 Å². The van der Waals surface area contributed by atoms with Crippen LogP contribution < -0.4 is 4.72 Å². The first-order chi connectivity index (χ1) is 11.4. The van der Waals surface area contributed by atoms with Gasteiger partial charge < -0.3 is 0 Å². The zero-order chi connectivity index (χ0) is 17.6. The molecule has 2 rings (SSSR count). The largest absolute Gasteiger partial charge is 0.240 e. The topological polar surface area (TPSA) is 70.0 Å². The van der Waals surface area contributed by atoms with E-state index in [0.717, 1.165) is 5.56 Å². The molecule has 1 N–H and O–H groups in total. The first kappa shape index (κ1) is 19.1. The minimum absolute atomic E-state index is 0.0840. The monoisotopic (exact) mass is 400 g/mol. The van der Waals surface area contributed by atoms with Crippen LogP contribution in [0.3, 0.4) is 0 Å². The lowest BCUT2D eigenvalue weighted by Crippen LogP contribution is -2.26. The van der Waals surface area contributed by atoms with Crippen molar-refractivity contribution in [1.82, 2.24) is 4.72 Å². The molecular weight excluding hydrogens is 387 g/mol. The fourth-order valence-electron chi connectivity index (χ4n) is 1.91. The molecule has 0 aromatic heterocycles. The molecular formula is C16H14Cl2N2O2S2. The van der Waals surface area contributed by atoms with E-state index in [1.165, 1.54) is 23.9 Å². The van der Waals surface area contributed by atoms with Crippen LogP contribution in [0, 0.1) is 11.3 Å². The van der Waals surface area contributed by atoms with Crippen LogP contribution in [0.1, 0.15) is 11.1 Å². The van der Waals surface area contributed by atoms with Crippen LogP contribution in [0.25, 0.3) is 0 Å². The number of rotatable bonds is 7. The molecule has 0 aliphatic carbocycles. The second-order valence-corrected chi connectivity index (χ2v) is 8.48. The maximum atomic E-state index is 12.2. The number of nitrogens with zero attached hydrogens (tertiary/aromatic N) is 1. The third-order valence-corrected chi connectivity index (χ3v) is 6.27. The van der Waals surface area contributed by atoms with Gasteiger partial charge in [-0.05, 0) is 35.9 Å². The molecule has 0 aliphatic heterocycles. The summed E-state index contributed by atoms with van der Waals surface area (Å²) in [5.41, 5.74) is 1.15. The van der Waals surface area contributed by atoms with Crippen LogP contribution in [-0.4, -0.2) is 20.7 Å². The Hall–Kier alpha value is -1.23. The smallest absolute Gasteiger partial charge is 0.210 e. The molecule has 0 unspecified atom stereocenters. The number of thioether (sulfide) groups is 1. The second-order valence-electron chi connectivity index (χ2n) is 4.79. The number of nitrogens with one attached hydrogen (secondary N) is 1. The van der Waals surface area contributed by atoms with Gasteiger partial charge in [-0.15, -0.1) is 0 Å². The normalized spacial score (nSPS) is 11.2. The lowest BCUT2D eigenvalue weighted by atomic mass is 10.2. The van der Waals surface area contributed by atoms with Crippen LogP contribution in [0.4, 0.5) is 0 Å². The van der Waals surface area contributed by atoms with Gasteiger partial charge in [-0.3, -0.25) is 0 Å². The van der Waals surface area contributed by atoms with E-state index < -0.39 is 10.0 Å². The SMILES string of the molecule is N#Cc1cccc(S(=O)(=O)NCCSCc2c(Cl)cccc2Cl)c1. The fourth-order valence-corrected chi connectivity index (χ4v) is 4.71. The van der Waals surface area contributed by atoms with Crippen LogP contribution in [0.5, 0.6) is 0 Å². The summed E-state index contributed by atoms with van der Waals surface area (Å²) < 4.78 is 26.9. The van der Waals surface area contributed by atoms with Gasteiger partial charge in [0.1, 0.15) is 0 Å². The Kier molecular flexibility index (Phi) is 6.96. The van der Waals surface area contributed by atoms with Crippen LogP contribution in [0.2, 0.25) is 10.0 Å². The summed E-state index contributed by atoms with van der Waals surface area (Å²) in [5, 5.41) is 10.0. The van der Waals surface area contributed by atoms with Gasteiger partial charge in [-0.2, -0.15) is 17.0 Å². The second kappa shape index (κ2) is 8.75. The van der Waals surface area contributed by atoms with Gasteiger partial charge in [0, 0.05) is 28.1 Å². The maximum absolute atomic E-state index is 12.2. The molecule has 0 aliphatic rings. The molecule has 0 radical (unpaired) electrons. The zero-order valence-corrected chi connectivity index (χ0v) is 15.6. The molecule has 24 heavy (non-hydrogen) atoms. The summed E-state index contributed by atoms with van der Waals surface area (Å²) in [4.78, 5) is 0.0840. The minimum atomic E-state index is -3.62. The Morgan fingerprint density at radius 1 is 1.12 bits per heavy atom. The van der Waals surface area contributed by atoms with Crippen molar-refractivity contribution in [2.24, 2.45) is 0 Å². The predicted molar refractivity (Wildman–Crippen MR) is 99.0 cm³/mol. The van der Waals surface area contributed by atoms with Crippen LogP contribution in [-0.2, 0) is 15.8 Å². The van der Waals surface area contributed by atoms with E-state index in [1.54, 1.807) is 30.3 Å². The van der Waals surface area contributed by atoms with Crippen molar-refractivity contribution < 1.29 is 8.42 Å². The number of hydrogen-bond donors (Lipinski definition) is 1. The molecule has 0 saturated heterocycles. The first-order valence-corrected chi connectivity index (χ1v) is 10.3. The number of benzene rings is 2. The van der Waals surface area contributed by atoms with Crippen molar-refractivity contribution in [2.45, 2.75) is 10.6 Å². The van der Waals surface area contributed by atoms with Crippen molar-refractivity contribution in [3.05, 3.63) is 63.6 Å². The fraction of sp³-hybridized carbons (Fsp3) is 0.188. The lowest BCUT2D eigenvalue weighted by Gasteiger charge is -2.08. The Balaban J connectivity index is 1.86. The van der Waals surface area contributed by atoms with E-state index >= 15 is 0 Å². The van der Waals surface area contributed by atoms with Crippen molar-refractivity contribution >= 4 is 45.0 Å². The molecule has 2 aromatic rings. The summed E-state index contributed by atoms with van der Waals surface area (Å²) in [7, 11) is -3.62. The Bertz CT molecular complexity index is 844. The molecule has 0 bridgehead atoms. The first-order valence-electron chi connectivity index (χ1n) is 6.94. The number of sulfonamides is 1. The minimum Gasteiger partial charge on any atom is -0.210 e. The van der Waals surface area contributed by atoms with E-state index in [2.05, 4.69) is 4.72 Å². The quantitative estimate of drug-likeness (QED) is 0.710. The van der Waals surface area contributed by atoms with Gasteiger partial charge in [0.2, 0.25) is 10.0 Å². The number of nitriles is 1. The third kappa shape index (κ3) is 5.13. The summed E-state index contributed by atoms with van der Waals surface area (Å²) in [5.74, 6) is 1.17. The highest BCUT2D eigenvalue weighted by Crippen LogP contribution is 2.28. The molecule has 0 amide bonds. The van der Waals surface area contributed by atoms with Crippen molar-refractivity contribution in [3.8, 4) is 6.07 Å². The lowest BCUT2D eigenvalue weighted by molar-refractivity contribution is 0.584. The highest BCUT2D eigenvalue weighted by Gasteiger charge is 2.13. The number of hydrogen-bond acceptors (Lipinski definition) is 4.